The maximum Gasteiger partial charge on any atom is 1.00 e. The van der Waals surface area contributed by atoms with Gasteiger partial charge < -0.3 is 5.11 Å². The Bertz CT molecular complexity index is 254. The number of benzene rings is 1. The van der Waals surface area contributed by atoms with Crippen LogP contribution in [0.3, 0.4) is 0 Å². The standard InChI is InChI=1S/C12H15O.Li/c1-11(13)7-5-6-10-12-8-3-2-4-9-12;/h2-5,7-9,11H,6,10H2,1H3;/q-1;+1/b7-5-;/t11-;/m1./s1. The maximum atomic E-state index is 10.7. The largest absolute Gasteiger partial charge is 1.00 e. The summed E-state index contributed by atoms with van der Waals surface area (Å²) in [5, 5.41) is 10.7. The number of rotatable bonds is 4. The molecule has 0 bridgehead atoms. The van der Waals surface area contributed by atoms with Crippen molar-refractivity contribution in [3.63, 3.8) is 0 Å². The molecule has 0 heterocycles. The van der Waals surface area contributed by atoms with Gasteiger partial charge in [-0.25, -0.2) is 0 Å². The van der Waals surface area contributed by atoms with Crippen molar-refractivity contribution < 1.29 is 24.0 Å². The second-order valence-electron chi connectivity index (χ2n) is 3.16. The van der Waals surface area contributed by atoms with Crippen LogP contribution in [0.4, 0.5) is 0 Å². The summed E-state index contributed by atoms with van der Waals surface area (Å²) in [7, 11) is 0. The molecule has 0 fully saturated rings. The van der Waals surface area contributed by atoms with E-state index in [-0.39, 0.29) is 18.9 Å². The number of hydrogen-bond donors (Lipinski definition) is 0. The van der Waals surface area contributed by atoms with Crippen molar-refractivity contribution in [1.29, 1.82) is 0 Å². The summed E-state index contributed by atoms with van der Waals surface area (Å²) < 4.78 is 0. The van der Waals surface area contributed by atoms with Crippen molar-refractivity contribution in [3.05, 3.63) is 48.0 Å². The zero-order valence-electron chi connectivity index (χ0n) is 8.94. The molecule has 2 heteroatoms. The van der Waals surface area contributed by atoms with Gasteiger partial charge in [-0.2, -0.15) is 0 Å². The summed E-state index contributed by atoms with van der Waals surface area (Å²) in [4.78, 5) is 0. The molecular weight excluding hydrogens is 167 g/mol. The SMILES string of the molecule is C[C@@H]([O-])/C=C\CCc1ccccc1.[Li+]. The van der Waals surface area contributed by atoms with E-state index in [0.29, 0.717) is 0 Å². The van der Waals surface area contributed by atoms with Crippen molar-refractivity contribution in [2.75, 3.05) is 0 Å². The Labute approximate surface area is 98.0 Å². The van der Waals surface area contributed by atoms with Crippen molar-refractivity contribution in [1.82, 2.24) is 0 Å². The van der Waals surface area contributed by atoms with E-state index in [1.807, 2.05) is 24.3 Å². The molecule has 0 spiro atoms. The maximum absolute atomic E-state index is 10.7. The van der Waals surface area contributed by atoms with Gasteiger partial charge in [0.2, 0.25) is 0 Å². The third kappa shape index (κ3) is 6.04. The molecule has 0 aliphatic rings. The molecule has 0 aliphatic carbocycles. The predicted octanol–water partition coefficient (Wildman–Crippen LogP) is -1.07. The van der Waals surface area contributed by atoms with Crippen LogP contribution in [0.25, 0.3) is 0 Å². The van der Waals surface area contributed by atoms with Crippen LogP contribution in [0.15, 0.2) is 42.5 Å². The van der Waals surface area contributed by atoms with Crippen LogP contribution in [0.1, 0.15) is 18.9 Å². The smallest absolute Gasteiger partial charge is 0.849 e. The summed E-state index contributed by atoms with van der Waals surface area (Å²) in [6.45, 7) is 1.65. The average Bonchev–Trinajstić information content (AvgIpc) is 2.14. The third-order valence-corrected chi connectivity index (χ3v) is 1.85. The molecule has 0 saturated carbocycles. The van der Waals surface area contributed by atoms with Crippen LogP contribution in [-0.4, -0.2) is 6.10 Å². The minimum atomic E-state index is -0.573. The summed E-state index contributed by atoms with van der Waals surface area (Å²) in [6.07, 6.45) is 5.07. The van der Waals surface area contributed by atoms with Crippen molar-refractivity contribution in [3.8, 4) is 0 Å². The quantitative estimate of drug-likeness (QED) is 0.429. The van der Waals surface area contributed by atoms with Crippen LogP contribution >= 0.6 is 0 Å². The van der Waals surface area contributed by atoms with Gasteiger partial charge in [0.25, 0.3) is 0 Å². The van der Waals surface area contributed by atoms with Gasteiger partial charge in [0.1, 0.15) is 0 Å². The topological polar surface area (TPSA) is 23.1 Å². The van der Waals surface area contributed by atoms with Crippen LogP contribution in [0, 0.1) is 0 Å². The second kappa shape index (κ2) is 7.88. The third-order valence-electron chi connectivity index (χ3n) is 1.85. The van der Waals surface area contributed by atoms with Crippen molar-refractivity contribution >= 4 is 0 Å². The first-order valence-electron chi connectivity index (χ1n) is 4.65. The Morgan fingerprint density at radius 2 is 1.93 bits per heavy atom. The first-order chi connectivity index (χ1) is 6.29. The Hall–Kier alpha value is -0.483. The molecule has 1 nitrogen and oxygen atoms in total. The molecule has 0 saturated heterocycles. The molecule has 14 heavy (non-hydrogen) atoms. The average molecular weight is 182 g/mol. The predicted molar refractivity (Wildman–Crippen MR) is 53.4 cm³/mol. The fraction of sp³-hybridized carbons (Fsp3) is 0.333. The molecule has 0 aromatic heterocycles. The van der Waals surface area contributed by atoms with E-state index >= 15 is 0 Å². The number of aryl methyl sites for hydroxylation is 1. The fourth-order valence-corrected chi connectivity index (χ4v) is 1.18. The summed E-state index contributed by atoms with van der Waals surface area (Å²) in [6, 6.07) is 10.3. The fourth-order valence-electron chi connectivity index (χ4n) is 1.18. The Morgan fingerprint density at radius 1 is 1.29 bits per heavy atom. The Kier molecular flexibility index (Phi) is 7.61. The minimum Gasteiger partial charge on any atom is -0.849 e. The van der Waals surface area contributed by atoms with Crippen LogP contribution < -0.4 is 24.0 Å². The van der Waals surface area contributed by atoms with Gasteiger partial charge in [-0.1, -0.05) is 43.3 Å². The summed E-state index contributed by atoms with van der Waals surface area (Å²) >= 11 is 0. The second-order valence-corrected chi connectivity index (χ2v) is 3.16. The van der Waals surface area contributed by atoms with Gasteiger partial charge >= 0.3 is 18.9 Å². The van der Waals surface area contributed by atoms with Gasteiger partial charge in [-0.15, -0.1) is 12.2 Å². The van der Waals surface area contributed by atoms with E-state index < -0.39 is 6.10 Å². The van der Waals surface area contributed by atoms with E-state index in [4.69, 9.17) is 0 Å². The monoisotopic (exact) mass is 182 g/mol. The zero-order valence-corrected chi connectivity index (χ0v) is 8.94. The van der Waals surface area contributed by atoms with Gasteiger partial charge in [-0.05, 0) is 18.4 Å². The van der Waals surface area contributed by atoms with Crippen LogP contribution in [0.5, 0.6) is 0 Å². The van der Waals surface area contributed by atoms with E-state index in [1.54, 1.807) is 13.0 Å². The Morgan fingerprint density at radius 3 is 2.50 bits per heavy atom. The van der Waals surface area contributed by atoms with E-state index in [9.17, 15) is 5.11 Å². The van der Waals surface area contributed by atoms with Gasteiger partial charge in [0.15, 0.2) is 0 Å². The number of allylic oxidation sites excluding steroid dienone is 1. The molecule has 1 atom stereocenters. The Balaban J connectivity index is 0.00000169. The van der Waals surface area contributed by atoms with Gasteiger partial charge in [-0.3, -0.25) is 0 Å². The van der Waals surface area contributed by atoms with Gasteiger partial charge in [0, 0.05) is 0 Å². The summed E-state index contributed by atoms with van der Waals surface area (Å²) in [5.41, 5.74) is 1.32. The molecule has 70 valence electrons. The summed E-state index contributed by atoms with van der Waals surface area (Å²) in [5.74, 6) is 0. The molecule has 0 radical (unpaired) electrons. The molecule has 1 rings (SSSR count). The van der Waals surface area contributed by atoms with E-state index in [0.717, 1.165) is 12.8 Å². The first kappa shape index (κ1) is 13.5. The molecule has 0 aliphatic heterocycles. The van der Waals surface area contributed by atoms with Crippen molar-refractivity contribution in [2.45, 2.75) is 25.9 Å². The molecule has 0 unspecified atom stereocenters. The van der Waals surface area contributed by atoms with Gasteiger partial charge in [0.05, 0.1) is 0 Å². The molecule has 0 N–H and O–H groups in total. The molecule has 1 aromatic carbocycles. The number of hydrogen-bond acceptors (Lipinski definition) is 1. The first-order valence-corrected chi connectivity index (χ1v) is 4.65. The van der Waals surface area contributed by atoms with E-state index in [1.165, 1.54) is 5.56 Å². The van der Waals surface area contributed by atoms with Crippen molar-refractivity contribution in [2.24, 2.45) is 0 Å². The minimum absolute atomic E-state index is 0. The molecule has 0 amide bonds. The normalized spacial score (nSPS) is 12.4. The van der Waals surface area contributed by atoms with E-state index in [2.05, 4.69) is 12.1 Å². The van der Waals surface area contributed by atoms with Crippen LogP contribution in [0.2, 0.25) is 0 Å². The van der Waals surface area contributed by atoms with Crippen LogP contribution in [-0.2, 0) is 6.42 Å². The zero-order chi connectivity index (χ0) is 9.52. The molecule has 1 aromatic rings. The molecular formula is C12H15LiO.